The number of nitrogens with one attached hydrogen (secondary N) is 2. The summed E-state index contributed by atoms with van der Waals surface area (Å²) in [6, 6.07) is 8.14. The summed E-state index contributed by atoms with van der Waals surface area (Å²) < 4.78 is 10.0. The molecule has 1 aliphatic carbocycles. The van der Waals surface area contributed by atoms with E-state index < -0.39 is 0 Å². The first kappa shape index (κ1) is 13.8. The highest BCUT2D eigenvalue weighted by molar-refractivity contribution is 5.92. The van der Waals surface area contributed by atoms with Crippen molar-refractivity contribution in [3.05, 3.63) is 24.3 Å². The lowest BCUT2D eigenvalue weighted by atomic mass is 9.89. The molecule has 19 heavy (non-hydrogen) atoms. The van der Waals surface area contributed by atoms with E-state index in [1.165, 1.54) is 7.11 Å². The zero-order chi connectivity index (χ0) is 13.7. The van der Waals surface area contributed by atoms with Crippen molar-refractivity contribution in [3.63, 3.8) is 0 Å². The highest BCUT2D eigenvalue weighted by Crippen LogP contribution is 2.27. The molecule has 0 spiro atoms. The van der Waals surface area contributed by atoms with Crippen LogP contribution in [0.1, 0.15) is 12.8 Å². The molecule has 0 bridgehead atoms. The Kier molecular flexibility index (Phi) is 4.76. The zero-order valence-corrected chi connectivity index (χ0v) is 11.3. The Labute approximate surface area is 113 Å². The maximum Gasteiger partial charge on any atom is 0.250 e. The predicted octanol–water partition coefficient (Wildman–Crippen LogP) is 1.86. The molecule has 1 aromatic carbocycles. The number of carbonyl (C=O) groups is 1. The first-order chi connectivity index (χ1) is 9.21. The summed E-state index contributed by atoms with van der Waals surface area (Å²) in [4.78, 5) is 11.4. The highest BCUT2D eigenvalue weighted by atomic mass is 16.5. The number of benzene rings is 1. The Bertz CT molecular complexity index is 430. The Morgan fingerprint density at radius 3 is 2.74 bits per heavy atom. The summed E-state index contributed by atoms with van der Waals surface area (Å²) in [6.45, 7) is 0.0653. The number of carbonyl (C=O) groups excluding carboxylic acids is 1. The van der Waals surface area contributed by atoms with E-state index >= 15 is 0 Å². The van der Waals surface area contributed by atoms with Gasteiger partial charge in [0.05, 0.1) is 6.10 Å². The Morgan fingerprint density at radius 1 is 1.32 bits per heavy atom. The fourth-order valence-corrected chi connectivity index (χ4v) is 2.13. The molecule has 0 unspecified atom stereocenters. The molecule has 0 atom stereocenters. The molecule has 0 radical (unpaired) electrons. The molecule has 1 aromatic rings. The number of anilines is 2. The average molecular weight is 264 g/mol. The number of methoxy groups -OCH3 is 2. The zero-order valence-electron chi connectivity index (χ0n) is 11.3. The predicted molar refractivity (Wildman–Crippen MR) is 74.4 cm³/mol. The number of hydrogen-bond donors (Lipinski definition) is 2. The summed E-state index contributed by atoms with van der Waals surface area (Å²) in [6.07, 6.45) is 2.43. The van der Waals surface area contributed by atoms with Crippen LogP contribution in [0.15, 0.2) is 24.3 Å². The van der Waals surface area contributed by atoms with Crippen LogP contribution in [0, 0.1) is 0 Å². The van der Waals surface area contributed by atoms with Crippen molar-refractivity contribution in [2.75, 3.05) is 31.5 Å². The Morgan fingerprint density at radius 2 is 2.05 bits per heavy atom. The van der Waals surface area contributed by atoms with E-state index in [1.807, 2.05) is 24.3 Å². The summed E-state index contributed by atoms with van der Waals surface area (Å²) >= 11 is 0. The lowest BCUT2D eigenvalue weighted by Gasteiger charge is -2.35. The third-order valence-electron chi connectivity index (χ3n) is 3.22. The van der Waals surface area contributed by atoms with E-state index in [9.17, 15) is 4.79 Å². The van der Waals surface area contributed by atoms with Crippen molar-refractivity contribution < 1.29 is 14.3 Å². The number of rotatable bonds is 6. The van der Waals surface area contributed by atoms with Gasteiger partial charge in [-0.25, -0.2) is 0 Å². The topological polar surface area (TPSA) is 59.6 Å². The molecule has 1 amide bonds. The molecule has 1 fully saturated rings. The van der Waals surface area contributed by atoms with Crippen LogP contribution in [0.25, 0.3) is 0 Å². The van der Waals surface area contributed by atoms with Gasteiger partial charge in [-0.3, -0.25) is 4.79 Å². The van der Waals surface area contributed by atoms with Crippen LogP contribution >= 0.6 is 0 Å². The largest absolute Gasteiger partial charge is 0.382 e. The van der Waals surface area contributed by atoms with E-state index in [-0.39, 0.29) is 12.5 Å². The van der Waals surface area contributed by atoms with Gasteiger partial charge >= 0.3 is 0 Å². The van der Waals surface area contributed by atoms with Gasteiger partial charge in [-0.2, -0.15) is 0 Å². The van der Waals surface area contributed by atoms with Crippen LogP contribution in [0.5, 0.6) is 0 Å². The average Bonchev–Trinajstić information content (AvgIpc) is 2.34. The van der Waals surface area contributed by atoms with Crippen molar-refractivity contribution in [2.45, 2.75) is 25.0 Å². The lowest BCUT2D eigenvalue weighted by Crippen LogP contribution is -2.40. The minimum absolute atomic E-state index is 0.0653. The van der Waals surface area contributed by atoms with Crippen LogP contribution < -0.4 is 10.6 Å². The van der Waals surface area contributed by atoms with Gasteiger partial charge in [0.2, 0.25) is 5.91 Å². The van der Waals surface area contributed by atoms with E-state index in [4.69, 9.17) is 9.47 Å². The smallest absolute Gasteiger partial charge is 0.250 e. The van der Waals surface area contributed by atoms with Crippen LogP contribution in [0.2, 0.25) is 0 Å². The summed E-state index contributed by atoms with van der Waals surface area (Å²) in [5, 5.41) is 6.21. The molecular formula is C14H20N2O3. The van der Waals surface area contributed by atoms with Gasteiger partial charge in [-0.05, 0) is 31.0 Å². The monoisotopic (exact) mass is 264 g/mol. The maximum atomic E-state index is 11.4. The molecule has 2 rings (SSSR count). The number of amides is 1. The van der Waals surface area contributed by atoms with Gasteiger partial charge in [-0.15, -0.1) is 0 Å². The van der Waals surface area contributed by atoms with E-state index in [2.05, 4.69) is 10.6 Å². The highest BCUT2D eigenvalue weighted by Gasteiger charge is 2.28. The maximum absolute atomic E-state index is 11.4. The molecule has 5 nitrogen and oxygen atoms in total. The minimum Gasteiger partial charge on any atom is -0.382 e. The third-order valence-corrected chi connectivity index (χ3v) is 3.22. The summed E-state index contributed by atoms with van der Waals surface area (Å²) in [5.74, 6) is -0.150. The van der Waals surface area contributed by atoms with Crippen molar-refractivity contribution in [1.29, 1.82) is 0 Å². The van der Waals surface area contributed by atoms with Crippen molar-refractivity contribution in [1.82, 2.24) is 0 Å². The molecule has 0 aromatic heterocycles. The van der Waals surface area contributed by atoms with Gasteiger partial charge in [-0.1, -0.05) is 6.07 Å². The first-order valence-corrected chi connectivity index (χ1v) is 6.39. The van der Waals surface area contributed by atoms with Gasteiger partial charge in [0.15, 0.2) is 0 Å². The van der Waals surface area contributed by atoms with Crippen LogP contribution in [0.4, 0.5) is 11.4 Å². The van der Waals surface area contributed by atoms with Crippen molar-refractivity contribution >= 4 is 17.3 Å². The summed E-state index contributed by atoms with van der Waals surface area (Å²) in [5.41, 5.74) is 1.78. The van der Waals surface area contributed by atoms with Crippen molar-refractivity contribution in [3.8, 4) is 0 Å². The minimum atomic E-state index is -0.150. The van der Waals surface area contributed by atoms with Crippen LogP contribution in [-0.2, 0) is 14.3 Å². The molecule has 0 heterocycles. The molecule has 5 heteroatoms. The van der Waals surface area contributed by atoms with Gasteiger partial charge in [0.1, 0.15) is 6.61 Å². The lowest BCUT2D eigenvalue weighted by molar-refractivity contribution is -0.119. The molecule has 1 saturated carbocycles. The second-order valence-electron chi connectivity index (χ2n) is 4.73. The standard InChI is InChI=1S/C14H20N2O3/c1-18-9-14(17)16-11-5-3-4-10(6-11)15-12-7-13(8-12)19-2/h3-6,12-13,15H,7-9H2,1-2H3,(H,16,17). The third kappa shape index (κ3) is 3.94. The fraction of sp³-hybridized carbons (Fsp3) is 0.500. The number of ether oxygens (including phenoxy) is 2. The molecule has 104 valence electrons. The molecule has 0 saturated heterocycles. The molecule has 2 N–H and O–H groups in total. The molecular weight excluding hydrogens is 244 g/mol. The molecule has 1 aliphatic rings. The second kappa shape index (κ2) is 6.54. The van der Waals surface area contributed by atoms with E-state index in [0.717, 1.165) is 24.2 Å². The quantitative estimate of drug-likeness (QED) is 0.823. The summed E-state index contributed by atoms with van der Waals surface area (Å²) in [7, 11) is 3.24. The van der Waals surface area contributed by atoms with Crippen LogP contribution in [-0.4, -0.2) is 38.9 Å². The van der Waals surface area contributed by atoms with E-state index in [0.29, 0.717) is 12.1 Å². The Balaban J connectivity index is 1.87. The van der Waals surface area contributed by atoms with Crippen LogP contribution in [0.3, 0.4) is 0 Å². The first-order valence-electron chi connectivity index (χ1n) is 6.39. The van der Waals surface area contributed by atoms with Gasteiger partial charge < -0.3 is 20.1 Å². The number of hydrogen-bond acceptors (Lipinski definition) is 4. The van der Waals surface area contributed by atoms with E-state index in [1.54, 1.807) is 7.11 Å². The fourth-order valence-electron chi connectivity index (χ4n) is 2.13. The Hall–Kier alpha value is -1.59. The van der Waals surface area contributed by atoms with Crippen molar-refractivity contribution in [2.24, 2.45) is 0 Å². The van der Waals surface area contributed by atoms with Gasteiger partial charge in [0, 0.05) is 31.6 Å². The van der Waals surface area contributed by atoms with Gasteiger partial charge in [0.25, 0.3) is 0 Å². The second-order valence-corrected chi connectivity index (χ2v) is 4.73. The SMILES string of the molecule is COCC(=O)Nc1cccc(NC2CC(OC)C2)c1. The molecule has 0 aliphatic heterocycles. The normalized spacial score (nSPS) is 21.6.